The zero-order valence-electron chi connectivity index (χ0n) is 27.7. The van der Waals surface area contributed by atoms with Gasteiger partial charge in [0.2, 0.25) is 0 Å². The Bertz CT molecular complexity index is 1080. The van der Waals surface area contributed by atoms with Gasteiger partial charge in [-0.1, -0.05) is 25.5 Å². The van der Waals surface area contributed by atoms with Crippen LogP contribution in [-0.4, -0.2) is 113 Å². The molecule has 17 atom stereocenters. The molecule has 6 aliphatic rings. The Hall–Kier alpha value is -0.700. The summed E-state index contributed by atoms with van der Waals surface area (Å²) in [6, 6.07) is 0. The topological polar surface area (TPSA) is 157 Å². The number of hydrogen-bond donors (Lipinski definition) is 5. The van der Waals surface area contributed by atoms with Crippen LogP contribution in [0.5, 0.6) is 0 Å². The first-order chi connectivity index (χ1) is 21.2. The van der Waals surface area contributed by atoms with Crippen molar-refractivity contribution in [2.45, 2.75) is 159 Å². The molecule has 11 heteroatoms. The predicted octanol–water partition coefficient (Wildman–Crippen LogP) is 2.39. The van der Waals surface area contributed by atoms with Crippen LogP contribution < -0.4 is 0 Å². The van der Waals surface area contributed by atoms with Gasteiger partial charge >= 0.3 is 0 Å². The molecular weight excluding hydrogens is 584 g/mol. The summed E-state index contributed by atoms with van der Waals surface area (Å²) in [6.45, 7) is 10.3. The fourth-order valence-electron chi connectivity index (χ4n) is 10.1. The summed E-state index contributed by atoms with van der Waals surface area (Å²) >= 11 is 0. The molecule has 0 bridgehead atoms. The minimum atomic E-state index is -1.52. The lowest BCUT2D eigenvalue weighted by Crippen LogP contribution is -2.67. The lowest BCUT2D eigenvalue weighted by atomic mass is 9.45. The van der Waals surface area contributed by atoms with E-state index in [9.17, 15) is 25.5 Å². The van der Waals surface area contributed by atoms with Crippen molar-refractivity contribution in [1.82, 2.24) is 0 Å². The first-order valence-corrected chi connectivity index (χ1v) is 17.2. The van der Waals surface area contributed by atoms with E-state index < -0.39 is 72.6 Å². The van der Waals surface area contributed by atoms with Crippen LogP contribution in [-0.2, 0) is 28.4 Å². The predicted molar refractivity (Wildman–Crippen MR) is 162 cm³/mol. The highest BCUT2D eigenvalue weighted by Gasteiger charge is 2.65. The van der Waals surface area contributed by atoms with E-state index in [1.807, 2.05) is 6.92 Å². The maximum Gasteiger partial charge on any atom is 0.197 e. The fourth-order valence-corrected chi connectivity index (χ4v) is 10.1. The van der Waals surface area contributed by atoms with E-state index in [0.29, 0.717) is 18.4 Å². The molecule has 5 N–H and O–H groups in total. The number of fused-ring (bicyclic) bond motifs is 5. The quantitative estimate of drug-likeness (QED) is 0.272. The van der Waals surface area contributed by atoms with Crippen LogP contribution in [0.1, 0.15) is 86.0 Å². The lowest BCUT2D eigenvalue weighted by molar-refractivity contribution is -0.384. The van der Waals surface area contributed by atoms with E-state index >= 15 is 0 Å². The smallest absolute Gasteiger partial charge is 0.197 e. The second-order valence-corrected chi connectivity index (χ2v) is 15.3. The average Bonchev–Trinajstić information content (AvgIpc) is 2.99. The fraction of sp³-hybridized carbons (Fsp3) is 0.941. The highest BCUT2D eigenvalue weighted by molar-refractivity contribution is 5.25. The van der Waals surface area contributed by atoms with Crippen LogP contribution in [0, 0.1) is 28.6 Å². The van der Waals surface area contributed by atoms with Crippen molar-refractivity contribution in [3.8, 4) is 0 Å². The molecule has 45 heavy (non-hydrogen) atoms. The Morgan fingerprint density at radius 1 is 0.933 bits per heavy atom. The molecule has 0 aromatic heterocycles. The third kappa shape index (κ3) is 5.65. The third-order valence-corrected chi connectivity index (χ3v) is 13.0. The molecule has 0 amide bonds. The summed E-state index contributed by atoms with van der Waals surface area (Å²) in [4.78, 5) is 0. The van der Waals surface area contributed by atoms with E-state index in [1.54, 1.807) is 13.8 Å². The number of methoxy groups -OCH3 is 1. The van der Waals surface area contributed by atoms with Crippen molar-refractivity contribution in [2.24, 2.45) is 28.6 Å². The Morgan fingerprint density at radius 3 is 2.38 bits per heavy atom. The van der Waals surface area contributed by atoms with Crippen LogP contribution >= 0.6 is 0 Å². The Kier molecular flexibility index (Phi) is 9.60. The first kappa shape index (κ1) is 34.2. The van der Waals surface area contributed by atoms with E-state index in [-0.39, 0.29) is 23.9 Å². The molecule has 0 spiro atoms. The number of hydrogen-bond acceptors (Lipinski definition) is 11. The maximum atomic E-state index is 12.3. The highest BCUT2D eigenvalue weighted by Crippen LogP contribution is 2.65. The molecule has 5 fully saturated rings. The molecule has 2 saturated carbocycles. The Morgan fingerprint density at radius 2 is 1.67 bits per heavy atom. The highest BCUT2D eigenvalue weighted by atomic mass is 16.7. The number of aliphatic hydroxyl groups excluding tert-OH is 4. The molecule has 11 nitrogen and oxygen atoms in total. The number of aliphatic hydroxyl groups is 5. The van der Waals surface area contributed by atoms with Gasteiger partial charge in [-0.3, -0.25) is 0 Å². The van der Waals surface area contributed by atoms with Crippen molar-refractivity contribution in [2.75, 3.05) is 13.7 Å². The summed E-state index contributed by atoms with van der Waals surface area (Å²) in [5, 5.41) is 53.5. The van der Waals surface area contributed by atoms with E-state index in [0.717, 1.165) is 44.9 Å². The number of rotatable bonds is 6. The summed E-state index contributed by atoms with van der Waals surface area (Å²) in [7, 11) is 1.50. The standard InChI is InChI=1S/C34H56O11/c1-17-27(36)25(35)16-26(42-17)44-19(3)34(39)33(5)13-10-23-22(24(33)11-14-41-34)8-7-20-15-21(9-12-32(20,23)4)45-31-30(40-6)29(38)28(37)18(2)43-31/h7,17-19,21-31,35-39H,8-16H2,1-6H3. The Balaban J connectivity index is 1.15. The third-order valence-electron chi connectivity index (χ3n) is 13.0. The molecule has 17 unspecified atom stereocenters. The molecule has 3 aliphatic heterocycles. The molecule has 3 heterocycles. The normalized spacial score (nSPS) is 54.3. The van der Waals surface area contributed by atoms with E-state index in [1.165, 1.54) is 12.7 Å². The van der Waals surface area contributed by atoms with Crippen molar-refractivity contribution in [1.29, 1.82) is 0 Å². The minimum absolute atomic E-state index is 0.0305. The van der Waals surface area contributed by atoms with Gasteiger partial charge in [0, 0.05) is 18.9 Å². The second kappa shape index (κ2) is 12.6. The molecule has 0 radical (unpaired) electrons. The van der Waals surface area contributed by atoms with Crippen molar-refractivity contribution < 1.29 is 54.0 Å². The van der Waals surface area contributed by atoms with E-state index in [2.05, 4.69) is 19.9 Å². The molecule has 0 aromatic carbocycles. The van der Waals surface area contributed by atoms with Gasteiger partial charge in [0.05, 0.1) is 31.0 Å². The molecule has 6 rings (SSSR count). The van der Waals surface area contributed by atoms with Crippen molar-refractivity contribution >= 4 is 0 Å². The van der Waals surface area contributed by atoms with Gasteiger partial charge in [0.1, 0.15) is 30.5 Å². The van der Waals surface area contributed by atoms with Crippen LogP contribution in [0.15, 0.2) is 11.6 Å². The largest absolute Gasteiger partial charge is 0.390 e. The molecule has 0 aromatic rings. The summed E-state index contributed by atoms with van der Waals surface area (Å²) in [5.41, 5.74) is 0.926. The molecule has 3 saturated heterocycles. The SMILES string of the molecule is COC1C(OC2CCC3(C)C(=CCC4C3CCC3(C)C4CCOC3(O)C(C)OC3CC(O)C(O)C(C)O3)C2)OC(C)C(O)C1O. The first-order valence-electron chi connectivity index (χ1n) is 17.2. The molecule has 3 aliphatic carbocycles. The second-order valence-electron chi connectivity index (χ2n) is 15.3. The van der Waals surface area contributed by atoms with Gasteiger partial charge in [0.15, 0.2) is 18.4 Å². The molecular formula is C34H56O11. The zero-order chi connectivity index (χ0) is 32.5. The number of ether oxygens (including phenoxy) is 6. The minimum Gasteiger partial charge on any atom is -0.390 e. The van der Waals surface area contributed by atoms with Gasteiger partial charge in [0.25, 0.3) is 0 Å². The zero-order valence-corrected chi connectivity index (χ0v) is 27.7. The van der Waals surface area contributed by atoms with Gasteiger partial charge in [-0.25, -0.2) is 0 Å². The van der Waals surface area contributed by atoms with Crippen LogP contribution in [0.4, 0.5) is 0 Å². The van der Waals surface area contributed by atoms with Gasteiger partial charge in [-0.2, -0.15) is 0 Å². The average molecular weight is 641 g/mol. The van der Waals surface area contributed by atoms with Crippen LogP contribution in [0.2, 0.25) is 0 Å². The van der Waals surface area contributed by atoms with Crippen LogP contribution in [0.3, 0.4) is 0 Å². The van der Waals surface area contributed by atoms with Gasteiger partial charge in [-0.05, 0) is 88.9 Å². The van der Waals surface area contributed by atoms with Crippen molar-refractivity contribution in [3.05, 3.63) is 11.6 Å². The monoisotopic (exact) mass is 640 g/mol. The van der Waals surface area contributed by atoms with Gasteiger partial charge < -0.3 is 54.0 Å². The maximum absolute atomic E-state index is 12.3. The summed E-state index contributed by atoms with van der Waals surface area (Å²) in [5.74, 6) is -0.393. The van der Waals surface area contributed by atoms with E-state index in [4.69, 9.17) is 28.4 Å². The Labute approximate surface area is 267 Å². The van der Waals surface area contributed by atoms with Gasteiger partial charge in [-0.15, -0.1) is 0 Å². The van der Waals surface area contributed by atoms with Crippen molar-refractivity contribution in [3.63, 3.8) is 0 Å². The summed E-state index contributed by atoms with van der Waals surface area (Å²) in [6.07, 6.45) is 0.617. The van der Waals surface area contributed by atoms with Crippen LogP contribution in [0.25, 0.3) is 0 Å². The molecule has 258 valence electrons. The summed E-state index contributed by atoms with van der Waals surface area (Å²) < 4.78 is 36.2. The number of allylic oxidation sites excluding steroid dienone is 1. The lowest BCUT2D eigenvalue weighted by Gasteiger charge is -2.64.